The van der Waals surface area contributed by atoms with Crippen molar-refractivity contribution in [3.05, 3.63) is 77.7 Å². The van der Waals surface area contributed by atoms with E-state index in [0.29, 0.717) is 23.7 Å². The quantitative estimate of drug-likeness (QED) is 0.357. The van der Waals surface area contributed by atoms with Crippen molar-refractivity contribution in [3.63, 3.8) is 0 Å². The van der Waals surface area contributed by atoms with Crippen LogP contribution < -0.4 is 14.9 Å². The van der Waals surface area contributed by atoms with Gasteiger partial charge in [0.25, 0.3) is 0 Å². The van der Waals surface area contributed by atoms with E-state index < -0.39 is 5.60 Å². The van der Waals surface area contributed by atoms with Crippen molar-refractivity contribution in [2.45, 2.75) is 105 Å². The Bertz CT molecular complexity index is 840. The Hall–Kier alpha value is -1.74. The fraction of sp³-hybridized carbons (Fsp3) is 0.516. The van der Waals surface area contributed by atoms with Crippen LogP contribution in [-0.2, 0) is 17.1 Å². The van der Waals surface area contributed by atoms with Gasteiger partial charge in [0.15, 0.2) is 0 Å². The third kappa shape index (κ3) is 8.41. The molecule has 0 saturated carbocycles. The fourth-order valence-corrected chi connectivity index (χ4v) is 4.14. The Labute approximate surface area is 226 Å². The maximum atomic E-state index is 10.1. The van der Waals surface area contributed by atoms with Gasteiger partial charge in [0, 0.05) is 12.4 Å². The molecule has 0 aliphatic carbocycles. The molecule has 0 spiro atoms. The van der Waals surface area contributed by atoms with Crippen molar-refractivity contribution < 1.29 is 22.2 Å². The Morgan fingerprint density at radius 3 is 1.03 bits per heavy atom. The van der Waals surface area contributed by atoms with Crippen molar-refractivity contribution >= 4 is 11.4 Å². The predicted molar refractivity (Wildman–Crippen MR) is 146 cm³/mol. The molecule has 4 heteroatoms. The molecule has 0 bridgehead atoms. The number of para-hydroxylation sites is 2. The third-order valence-corrected chi connectivity index (χ3v) is 5.75. The van der Waals surface area contributed by atoms with Crippen LogP contribution in [0.25, 0.3) is 0 Å². The largest absolute Gasteiger partial charge is 1.00 e. The molecule has 2 aromatic carbocycles. The van der Waals surface area contributed by atoms with Crippen LogP contribution in [0.4, 0.5) is 11.4 Å². The predicted octanol–water partition coefficient (Wildman–Crippen LogP) is 8.12. The number of anilines is 2. The number of hydrogen-bond donors (Lipinski definition) is 0. The molecule has 2 radical (unpaired) electrons. The van der Waals surface area contributed by atoms with Gasteiger partial charge >= 0.3 is 17.1 Å². The summed E-state index contributed by atoms with van der Waals surface area (Å²) in [7, 11) is 0. The number of nitrogens with zero attached hydrogens (tertiary/aromatic N) is 2. The second-order valence-electron chi connectivity index (χ2n) is 11.4. The van der Waals surface area contributed by atoms with Crippen LogP contribution in [0.3, 0.4) is 0 Å². The van der Waals surface area contributed by atoms with Gasteiger partial charge in [0.2, 0.25) is 6.67 Å². The second-order valence-corrected chi connectivity index (χ2v) is 11.4. The van der Waals surface area contributed by atoms with Gasteiger partial charge in [-0.3, -0.25) is 0 Å². The molecule has 0 amide bonds. The number of benzene rings is 2. The Morgan fingerprint density at radius 2 is 0.829 bits per heavy atom. The Balaban J connectivity index is 0.000000927. The molecule has 3 nitrogen and oxygen atoms in total. The summed E-state index contributed by atoms with van der Waals surface area (Å²) in [6.45, 7) is 26.7. The smallest absolute Gasteiger partial charge is 0.850 e. The zero-order chi connectivity index (χ0) is 25.8. The molecule has 0 saturated heterocycles. The standard InChI is InChI=1S/C27H36N2.C4H9O.Cu/c1-18(2)22-11-9-12-23(19(3)4)26(22)28-15-16-29(17-28)27-24(20(5)6)13-10-14-25(27)21(7)8;1-4(2,3)5;/h9-16,18-21H,1-8H3;1-3H3;/q;-1;+1. The topological polar surface area (TPSA) is 29.5 Å². The zero-order valence-electron chi connectivity index (χ0n) is 23.5. The van der Waals surface area contributed by atoms with Gasteiger partial charge in [-0.05, 0) is 45.9 Å². The maximum Gasteiger partial charge on any atom is 1.00 e. The van der Waals surface area contributed by atoms with Gasteiger partial charge in [0.1, 0.15) is 0 Å². The SMILES string of the molecule is CC(C)(C)[O-].CC(C)c1cccc(C(C)C)c1N1[C]N(c2c(C(C)C)cccc2C(C)C)C=C1.[Cu+]. The summed E-state index contributed by atoms with van der Waals surface area (Å²) in [6.07, 6.45) is 4.32. The van der Waals surface area contributed by atoms with Crippen molar-refractivity contribution in [1.29, 1.82) is 0 Å². The minimum atomic E-state index is -0.750. The monoisotopic (exact) mass is 524 g/mol. The van der Waals surface area contributed by atoms with Crippen LogP contribution in [0.5, 0.6) is 0 Å². The van der Waals surface area contributed by atoms with E-state index in [-0.39, 0.29) is 17.1 Å². The Kier molecular flexibility index (Phi) is 11.6. The molecule has 0 aromatic heterocycles. The summed E-state index contributed by atoms with van der Waals surface area (Å²) in [5.41, 5.74) is 7.30. The van der Waals surface area contributed by atoms with Gasteiger partial charge in [-0.2, -0.15) is 0 Å². The maximum absolute atomic E-state index is 10.1. The number of hydrogen-bond acceptors (Lipinski definition) is 3. The van der Waals surface area contributed by atoms with Crippen LogP contribution >= 0.6 is 0 Å². The van der Waals surface area contributed by atoms with Crippen molar-refractivity contribution in [1.82, 2.24) is 0 Å². The van der Waals surface area contributed by atoms with Gasteiger partial charge in [0.05, 0.1) is 11.4 Å². The molecular formula is C31H45CuN2O. The average Bonchev–Trinajstić information content (AvgIpc) is 3.20. The Morgan fingerprint density at radius 1 is 0.600 bits per heavy atom. The van der Waals surface area contributed by atoms with Crippen molar-refractivity contribution in [3.8, 4) is 0 Å². The van der Waals surface area contributed by atoms with E-state index in [9.17, 15) is 5.11 Å². The molecule has 0 fully saturated rings. The first kappa shape index (κ1) is 31.3. The average molecular weight is 525 g/mol. The summed E-state index contributed by atoms with van der Waals surface area (Å²) in [5, 5.41) is 10.1. The van der Waals surface area contributed by atoms with Crippen molar-refractivity contribution in [2.24, 2.45) is 0 Å². The molecule has 0 N–H and O–H groups in total. The molecule has 2 aromatic rings. The van der Waals surface area contributed by atoms with E-state index in [1.807, 2.05) is 0 Å². The normalized spacial score (nSPS) is 13.6. The minimum Gasteiger partial charge on any atom is -0.850 e. The van der Waals surface area contributed by atoms with Gasteiger partial charge in [-0.1, -0.05) is 113 Å². The molecule has 1 heterocycles. The first-order valence-electron chi connectivity index (χ1n) is 12.7. The first-order chi connectivity index (χ1) is 15.7. The van der Waals surface area contributed by atoms with E-state index >= 15 is 0 Å². The summed E-state index contributed by atoms with van der Waals surface area (Å²) in [4.78, 5) is 4.40. The van der Waals surface area contributed by atoms with Gasteiger partial charge in [-0.25, -0.2) is 0 Å². The third-order valence-electron chi connectivity index (χ3n) is 5.75. The molecule has 0 atom stereocenters. The molecule has 1 aliphatic rings. The summed E-state index contributed by atoms with van der Waals surface area (Å²) in [5.74, 6) is 1.84. The van der Waals surface area contributed by atoms with Gasteiger partial charge < -0.3 is 14.9 Å². The molecule has 1 aliphatic heterocycles. The number of rotatable bonds is 6. The summed E-state index contributed by atoms with van der Waals surface area (Å²) in [6, 6.07) is 13.4. The molecule has 0 unspecified atom stereocenters. The summed E-state index contributed by atoms with van der Waals surface area (Å²) < 4.78 is 0. The van der Waals surface area contributed by atoms with Crippen LogP contribution in [0.15, 0.2) is 48.8 Å². The van der Waals surface area contributed by atoms with Crippen LogP contribution in [0, 0.1) is 6.67 Å². The molecule has 3 rings (SSSR count). The first-order valence-corrected chi connectivity index (χ1v) is 12.7. The van der Waals surface area contributed by atoms with Crippen LogP contribution in [-0.4, -0.2) is 5.60 Å². The zero-order valence-corrected chi connectivity index (χ0v) is 24.5. The van der Waals surface area contributed by atoms with Crippen molar-refractivity contribution in [2.75, 3.05) is 9.80 Å². The second kappa shape index (κ2) is 13.0. The molecule has 35 heavy (non-hydrogen) atoms. The summed E-state index contributed by atoms with van der Waals surface area (Å²) >= 11 is 0. The fourth-order valence-electron chi connectivity index (χ4n) is 4.14. The van der Waals surface area contributed by atoms with E-state index in [1.54, 1.807) is 20.8 Å². The van der Waals surface area contributed by atoms with E-state index in [0.717, 1.165) is 0 Å². The molecule has 196 valence electrons. The van der Waals surface area contributed by atoms with Crippen LogP contribution in [0.1, 0.15) is 122 Å². The minimum absolute atomic E-state index is 0. The van der Waals surface area contributed by atoms with Crippen LogP contribution in [0.2, 0.25) is 0 Å². The van der Waals surface area contributed by atoms with E-state index in [4.69, 9.17) is 0 Å². The van der Waals surface area contributed by atoms with E-state index in [1.165, 1.54) is 33.6 Å². The molecular weight excluding hydrogens is 480 g/mol. The van der Waals surface area contributed by atoms with Gasteiger partial charge in [-0.15, -0.1) is 5.60 Å². The van der Waals surface area contributed by atoms with E-state index in [2.05, 4.69) is 121 Å².